The van der Waals surface area contributed by atoms with E-state index in [0.717, 1.165) is 77.8 Å². The number of nitrogens with zero attached hydrogens (tertiary/aromatic N) is 2. The van der Waals surface area contributed by atoms with Crippen molar-refractivity contribution >= 4 is 17.0 Å². The van der Waals surface area contributed by atoms with Crippen molar-refractivity contribution < 1.29 is 23.7 Å². The van der Waals surface area contributed by atoms with Gasteiger partial charge in [-0.2, -0.15) is 0 Å². The highest BCUT2D eigenvalue weighted by molar-refractivity contribution is 5.83. The standard InChI is InChI=1S/C34H44N2O6/c1-23-19-32(37)35(29-14-13-27(39-5)21-28(23)29)16-6-7-24-8-11-26(12-9-24)36(33(38)42-34(2,3)4)22-25-10-15-30-31(20-25)41-18-17-40-30/h10,13-15,19-21,24,26H,6-9,11-12,16-18,22H2,1-5H3. The molecule has 0 radical (unpaired) electrons. The third-order valence-corrected chi connectivity index (χ3v) is 8.36. The van der Waals surface area contributed by atoms with Crippen LogP contribution in [0.25, 0.3) is 10.9 Å². The minimum atomic E-state index is -0.567. The van der Waals surface area contributed by atoms with Crippen molar-refractivity contribution in [2.45, 2.75) is 91.0 Å². The summed E-state index contributed by atoms with van der Waals surface area (Å²) in [5.74, 6) is 2.84. The highest BCUT2D eigenvalue weighted by Crippen LogP contribution is 2.35. The number of rotatable bonds is 8. The van der Waals surface area contributed by atoms with Gasteiger partial charge in [-0.15, -0.1) is 0 Å². The number of methoxy groups -OCH3 is 1. The summed E-state index contributed by atoms with van der Waals surface area (Å²) < 4.78 is 24.6. The molecule has 1 aromatic heterocycles. The van der Waals surface area contributed by atoms with E-state index in [1.165, 1.54) is 0 Å². The van der Waals surface area contributed by atoms with Crippen molar-refractivity contribution in [3.8, 4) is 17.2 Å². The van der Waals surface area contributed by atoms with E-state index in [-0.39, 0.29) is 17.7 Å². The number of amides is 1. The van der Waals surface area contributed by atoms with Crippen LogP contribution in [0.5, 0.6) is 17.2 Å². The average Bonchev–Trinajstić information content (AvgIpc) is 2.96. The van der Waals surface area contributed by atoms with Gasteiger partial charge >= 0.3 is 6.09 Å². The Morgan fingerprint density at radius 2 is 1.74 bits per heavy atom. The minimum absolute atomic E-state index is 0.0426. The van der Waals surface area contributed by atoms with E-state index in [1.807, 2.05) is 73.6 Å². The number of pyridine rings is 1. The van der Waals surface area contributed by atoms with Crippen LogP contribution < -0.4 is 19.8 Å². The second-order valence-electron chi connectivity index (χ2n) is 12.6. The van der Waals surface area contributed by atoms with Gasteiger partial charge in [-0.25, -0.2) is 4.79 Å². The van der Waals surface area contributed by atoms with Gasteiger partial charge in [0.25, 0.3) is 5.56 Å². The molecule has 0 N–H and O–H groups in total. The normalized spacial score (nSPS) is 18.5. The molecule has 8 heteroatoms. The number of hydrogen-bond donors (Lipinski definition) is 0. The number of aromatic nitrogens is 1. The lowest BCUT2D eigenvalue weighted by Crippen LogP contribution is -2.44. The Balaban J connectivity index is 1.21. The number of fused-ring (bicyclic) bond motifs is 2. The fraction of sp³-hybridized carbons (Fsp3) is 0.529. The molecule has 1 fully saturated rings. The molecule has 0 atom stereocenters. The molecule has 42 heavy (non-hydrogen) atoms. The third kappa shape index (κ3) is 7.02. The molecule has 3 aromatic rings. The van der Waals surface area contributed by atoms with E-state index in [0.29, 0.717) is 32.2 Å². The SMILES string of the molecule is COc1ccc2c(c1)c(C)cc(=O)n2CCCC1CCC(N(Cc2ccc3c(c2)OCCO3)C(=O)OC(C)(C)C)CC1. The largest absolute Gasteiger partial charge is 0.497 e. The highest BCUT2D eigenvalue weighted by Gasteiger charge is 2.32. The van der Waals surface area contributed by atoms with Gasteiger partial charge in [-0.05, 0) is 114 Å². The lowest BCUT2D eigenvalue weighted by atomic mass is 9.82. The average molecular weight is 577 g/mol. The van der Waals surface area contributed by atoms with Crippen LogP contribution in [0.15, 0.2) is 47.3 Å². The molecule has 8 nitrogen and oxygen atoms in total. The number of hydrogen-bond acceptors (Lipinski definition) is 6. The molecule has 0 bridgehead atoms. The van der Waals surface area contributed by atoms with Gasteiger partial charge in [0.05, 0.1) is 12.6 Å². The van der Waals surface area contributed by atoms with Crippen LogP contribution in [-0.2, 0) is 17.8 Å². The Hall–Kier alpha value is -3.68. The van der Waals surface area contributed by atoms with Gasteiger partial charge in [0, 0.05) is 30.6 Å². The minimum Gasteiger partial charge on any atom is -0.497 e. The topological polar surface area (TPSA) is 79.2 Å². The van der Waals surface area contributed by atoms with E-state index < -0.39 is 5.60 Å². The fourth-order valence-electron chi connectivity index (χ4n) is 6.21. The molecule has 1 aliphatic heterocycles. The van der Waals surface area contributed by atoms with Gasteiger partial charge < -0.3 is 28.4 Å². The molecular formula is C34H44N2O6. The first-order valence-electron chi connectivity index (χ1n) is 15.2. The number of ether oxygens (including phenoxy) is 4. The molecule has 2 heterocycles. The second-order valence-corrected chi connectivity index (χ2v) is 12.6. The lowest BCUT2D eigenvalue weighted by molar-refractivity contribution is 0.00772. The maximum atomic E-state index is 13.4. The quantitative estimate of drug-likeness (QED) is 0.291. The number of carbonyl (C=O) groups is 1. The Morgan fingerprint density at radius 3 is 2.45 bits per heavy atom. The number of carbonyl (C=O) groups excluding carboxylic acids is 1. The van der Waals surface area contributed by atoms with Crippen LogP contribution in [0, 0.1) is 12.8 Å². The zero-order chi connectivity index (χ0) is 29.9. The Labute approximate surface area is 248 Å². The maximum Gasteiger partial charge on any atom is 0.410 e. The monoisotopic (exact) mass is 576 g/mol. The summed E-state index contributed by atoms with van der Waals surface area (Å²) in [5, 5.41) is 1.05. The lowest BCUT2D eigenvalue weighted by Gasteiger charge is -2.38. The molecule has 1 aliphatic carbocycles. The van der Waals surface area contributed by atoms with E-state index in [9.17, 15) is 9.59 Å². The first kappa shape index (κ1) is 29.8. The van der Waals surface area contributed by atoms with Crippen molar-refractivity contribution in [3.63, 3.8) is 0 Å². The van der Waals surface area contributed by atoms with Crippen LogP contribution in [0.1, 0.15) is 70.4 Å². The van der Waals surface area contributed by atoms with Crippen molar-refractivity contribution in [2.75, 3.05) is 20.3 Å². The van der Waals surface area contributed by atoms with Crippen LogP contribution in [0.2, 0.25) is 0 Å². The van der Waals surface area contributed by atoms with E-state index >= 15 is 0 Å². The van der Waals surface area contributed by atoms with Crippen molar-refractivity contribution in [1.29, 1.82) is 0 Å². The third-order valence-electron chi connectivity index (χ3n) is 8.36. The Bertz CT molecular complexity index is 1470. The van der Waals surface area contributed by atoms with E-state index in [1.54, 1.807) is 13.2 Å². The number of benzene rings is 2. The van der Waals surface area contributed by atoms with E-state index in [2.05, 4.69) is 0 Å². The molecule has 226 valence electrons. The summed E-state index contributed by atoms with van der Waals surface area (Å²) >= 11 is 0. The van der Waals surface area contributed by atoms with Gasteiger partial charge in [0.15, 0.2) is 11.5 Å². The molecule has 2 aromatic carbocycles. The fourth-order valence-corrected chi connectivity index (χ4v) is 6.21. The van der Waals surface area contributed by atoms with Crippen molar-refractivity contribution in [1.82, 2.24) is 9.47 Å². The van der Waals surface area contributed by atoms with Gasteiger partial charge in [0.1, 0.15) is 24.6 Å². The highest BCUT2D eigenvalue weighted by atomic mass is 16.6. The summed E-state index contributed by atoms with van der Waals surface area (Å²) in [6.45, 7) is 9.92. The number of aryl methyl sites for hydroxylation is 2. The zero-order valence-corrected chi connectivity index (χ0v) is 25.6. The molecule has 0 saturated heterocycles. The summed E-state index contributed by atoms with van der Waals surface area (Å²) in [4.78, 5) is 28.1. The molecule has 5 rings (SSSR count). The molecule has 0 spiro atoms. The zero-order valence-electron chi connectivity index (χ0n) is 25.6. The molecule has 1 amide bonds. The smallest absolute Gasteiger partial charge is 0.410 e. The van der Waals surface area contributed by atoms with Gasteiger partial charge in [-0.3, -0.25) is 4.79 Å². The van der Waals surface area contributed by atoms with Crippen LogP contribution in [0.3, 0.4) is 0 Å². The van der Waals surface area contributed by atoms with Crippen LogP contribution in [-0.4, -0.2) is 47.5 Å². The first-order chi connectivity index (χ1) is 20.1. The summed E-state index contributed by atoms with van der Waals surface area (Å²) in [7, 11) is 1.66. The molecule has 2 aliphatic rings. The second kappa shape index (κ2) is 12.7. The van der Waals surface area contributed by atoms with Gasteiger partial charge in [-0.1, -0.05) is 6.07 Å². The molecule has 1 saturated carbocycles. The van der Waals surface area contributed by atoms with Crippen molar-refractivity contribution in [3.05, 3.63) is 63.9 Å². The molecule has 0 unspecified atom stereocenters. The first-order valence-corrected chi connectivity index (χ1v) is 15.2. The predicted molar refractivity (Wildman–Crippen MR) is 164 cm³/mol. The van der Waals surface area contributed by atoms with E-state index in [4.69, 9.17) is 18.9 Å². The Morgan fingerprint density at radius 1 is 1.00 bits per heavy atom. The van der Waals surface area contributed by atoms with Crippen LogP contribution >= 0.6 is 0 Å². The van der Waals surface area contributed by atoms with Crippen molar-refractivity contribution in [2.24, 2.45) is 5.92 Å². The van der Waals surface area contributed by atoms with Gasteiger partial charge in [0.2, 0.25) is 0 Å². The summed E-state index contributed by atoms with van der Waals surface area (Å²) in [6.07, 6.45) is 5.68. The maximum absolute atomic E-state index is 13.4. The summed E-state index contributed by atoms with van der Waals surface area (Å²) in [5.41, 5.74) is 2.40. The Kier molecular flexibility index (Phi) is 8.99. The summed E-state index contributed by atoms with van der Waals surface area (Å²) in [6, 6.07) is 13.6. The predicted octanol–water partition coefficient (Wildman–Crippen LogP) is 6.87. The molecular weight excluding hydrogens is 532 g/mol. The van der Waals surface area contributed by atoms with Crippen LogP contribution in [0.4, 0.5) is 4.79 Å².